The third kappa shape index (κ3) is 4.00. The molecule has 0 bridgehead atoms. The van der Waals surface area contributed by atoms with Crippen LogP contribution in [0.25, 0.3) is 11.6 Å². The Morgan fingerprint density at radius 3 is 2.59 bits per heavy atom. The van der Waals surface area contributed by atoms with Crippen LogP contribution in [0.5, 0.6) is 5.75 Å². The van der Waals surface area contributed by atoms with Gasteiger partial charge in [-0.15, -0.1) is 0 Å². The summed E-state index contributed by atoms with van der Waals surface area (Å²) in [7, 11) is 1.63. The second-order valence-corrected chi connectivity index (χ2v) is 6.57. The minimum atomic E-state index is -0.307. The van der Waals surface area contributed by atoms with Crippen molar-refractivity contribution in [2.45, 2.75) is 20.3 Å². The van der Waals surface area contributed by atoms with E-state index < -0.39 is 0 Å². The number of nitrogens with zero attached hydrogens (tertiary/aromatic N) is 1. The van der Waals surface area contributed by atoms with Crippen molar-refractivity contribution in [3.05, 3.63) is 76.9 Å². The summed E-state index contributed by atoms with van der Waals surface area (Å²) in [6.07, 6.45) is 5.74. The lowest BCUT2D eigenvalue weighted by molar-refractivity contribution is -0.138. The number of methoxy groups -OCH3 is 1. The molecule has 2 aromatic rings. The van der Waals surface area contributed by atoms with Crippen molar-refractivity contribution in [3.8, 4) is 5.75 Å². The van der Waals surface area contributed by atoms with Gasteiger partial charge < -0.3 is 4.74 Å². The average molecular weight is 361 g/mol. The van der Waals surface area contributed by atoms with Crippen LogP contribution in [0.2, 0.25) is 0 Å². The van der Waals surface area contributed by atoms with Crippen LogP contribution in [-0.4, -0.2) is 30.4 Å². The van der Waals surface area contributed by atoms with Gasteiger partial charge >= 0.3 is 0 Å². The molecule has 3 rings (SSSR count). The number of aryl methyl sites for hydroxylation is 1. The predicted molar refractivity (Wildman–Crippen MR) is 107 cm³/mol. The topological polar surface area (TPSA) is 46.6 Å². The smallest absolute Gasteiger partial charge is 0.261 e. The van der Waals surface area contributed by atoms with Crippen molar-refractivity contribution in [3.63, 3.8) is 0 Å². The fourth-order valence-electron chi connectivity index (χ4n) is 3.16. The van der Waals surface area contributed by atoms with Crippen molar-refractivity contribution in [1.82, 2.24) is 4.90 Å². The summed E-state index contributed by atoms with van der Waals surface area (Å²) in [6, 6.07) is 13.3. The fourth-order valence-corrected chi connectivity index (χ4v) is 3.16. The highest BCUT2D eigenvalue weighted by molar-refractivity contribution is 6.25. The van der Waals surface area contributed by atoms with Gasteiger partial charge in [0.2, 0.25) is 0 Å². The van der Waals surface area contributed by atoms with Gasteiger partial charge in [0.25, 0.3) is 11.8 Å². The summed E-state index contributed by atoms with van der Waals surface area (Å²) in [5.74, 6) is 0.226. The van der Waals surface area contributed by atoms with Crippen LogP contribution in [0.3, 0.4) is 0 Å². The Balaban J connectivity index is 1.79. The molecule has 0 atom stereocenters. The van der Waals surface area contributed by atoms with E-state index in [9.17, 15) is 9.59 Å². The number of amides is 2. The Hall–Kier alpha value is -3.14. The number of rotatable bonds is 4. The normalized spacial score (nSPS) is 14.4. The SMILES string of the molecule is COc1cc(/C=C/C(=O)N2CCC=C(c3ccccc3)C2=O)cc(C)c1C. The molecule has 1 aliphatic rings. The van der Waals surface area contributed by atoms with Crippen LogP contribution >= 0.6 is 0 Å². The molecular formula is C23H23NO3. The summed E-state index contributed by atoms with van der Waals surface area (Å²) in [4.78, 5) is 26.7. The Bertz CT molecular complexity index is 926. The van der Waals surface area contributed by atoms with E-state index >= 15 is 0 Å². The zero-order chi connectivity index (χ0) is 19.4. The lowest BCUT2D eigenvalue weighted by Crippen LogP contribution is -2.39. The molecule has 4 heteroatoms. The lowest BCUT2D eigenvalue weighted by atomic mass is 10.00. The van der Waals surface area contributed by atoms with Crippen LogP contribution in [-0.2, 0) is 9.59 Å². The summed E-state index contributed by atoms with van der Waals surface area (Å²) >= 11 is 0. The van der Waals surface area contributed by atoms with E-state index in [1.165, 1.54) is 11.0 Å². The molecular weight excluding hydrogens is 338 g/mol. The maximum absolute atomic E-state index is 12.8. The second-order valence-electron chi connectivity index (χ2n) is 6.57. The third-order valence-electron chi connectivity index (χ3n) is 4.81. The largest absolute Gasteiger partial charge is 0.496 e. The standard InChI is InChI=1S/C23H23NO3/c1-16-14-18(15-21(27-3)17(16)2)11-12-22(25)24-13-7-10-20(23(24)26)19-8-5-4-6-9-19/h4-6,8-12,14-15H,7,13H2,1-3H3/b12-11+. The Morgan fingerprint density at radius 1 is 1.15 bits per heavy atom. The quantitative estimate of drug-likeness (QED) is 0.768. The summed E-state index contributed by atoms with van der Waals surface area (Å²) < 4.78 is 5.38. The summed E-state index contributed by atoms with van der Waals surface area (Å²) in [5.41, 5.74) is 4.44. The van der Waals surface area contributed by atoms with Crippen molar-refractivity contribution in [2.24, 2.45) is 0 Å². The molecule has 138 valence electrons. The van der Waals surface area contributed by atoms with Gasteiger partial charge in [-0.2, -0.15) is 0 Å². The number of ether oxygens (including phenoxy) is 1. The van der Waals surface area contributed by atoms with Gasteiger partial charge in [-0.25, -0.2) is 0 Å². The van der Waals surface area contributed by atoms with E-state index in [0.717, 1.165) is 28.0 Å². The highest BCUT2D eigenvalue weighted by Gasteiger charge is 2.26. The summed E-state index contributed by atoms with van der Waals surface area (Å²) in [6.45, 7) is 4.40. The molecule has 0 saturated carbocycles. The molecule has 2 aromatic carbocycles. The molecule has 27 heavy (non-hydrogen) atoms. The lowest BCUT2D eigenvalue weighted by Gasteiger charge is -2.24. The van der Waals surface area contributed by atoms with Crippen LogP contribution < -0.4 is 4.74 Å². The Labute approximate surface area is 159 Å². The molecule has 4 nitrogen and oxygen atoms in total. The maximum Gasteiger partial charge on any atom is 0.261 e. The zero-order valence-electron chi connectivity index (χ0n) is 15.9. The van der Waals surface area contributed by atoms with Gasteiger partial charge in [-0.05, 0) is 54.7 Å². The molecule has 0 aliphatic carbocycles. The third-order valence-corrected chi connectivity index (χ3v) is 4.81. The van der Waals surface area contributed by atoms with Crippen LogP contribution in [0.15, 0.2) is 54.6 Å². The number of benzene rings is 2. The molecule has 0 aromatic heterocycles. The van der Waals surface area contributed by atoms with Gasteiger partial charge in [0.1, 0.15) is 5.75 Å². The first-order valence-corrected chi connectivity index (χ1v) is 8.96. The van der Waals surface area contributed by atoms with E-state index in [-0.39, 0.29) is 11.8 Å². The fraction of sp³-hybridized carbons (Fsp3) is 0.217. The van der Waals surface area contributed by atoms with E-state index in [1.807, 2.05) is 62.4 Å². The van der Waals surface area contributed by atoms with Crippen molar-refractivity contribution < 1.29 is 14.3 Å². The van der Waals surface area contributed by atoms with Gasteiger partial charge in [-0.1, -0.05) is 42.5 Å². The predicted octanol–water partition coefficient (Wildman–Crippen LogP) is 4.17. The number of hydrogen-bond acceptors (Lipinski definition) is 3. The first-order valence-electron chi connectivity index (χ1n) is 8.96. The van der Waals surface area contributed by atoms with Gasteiger partial charge in [-0.3, -0.25) is 14.5 Å². The molecule has 0 radical (unpaired) electrons. The molecule has 0 N–H and O–H groups in total. The van der Waals surface area contributed by atoms with Crippen molar-refractivity contribution in [1.29, 1.82) is 0 Å². The van der Waals surface area contributed by atoms with E-state index in [1.54, 1.807) is 13.2 Å². The summed E-state index contributed by atoms with van der Waals surface area (Å²) in [5, 5.41) is 0. The number of imide groups is 1. The molecule has 0 fully saturated rings. The van der Waals surface area contributed by atoms with Crippen molar-refractivity contribution in [2.75, 3.05) is 13.7 Å². The Morgan fingerprint density at radius 2 is 1.89 bits per heavy atom. The van der Waals surface area contributed by atoms with Gasteiger partial charge in [0, 0.05) is 18.2 Å². The highest BCUT2D eigenvalue weighted by Crippen LogP contribution is 2.25. The first kappa shape index (κ1) is 18.6. The molecule has 2 amide bonds. The molecule has 1 heterocycles. The monoisotopic (exact) mass is 361 g/mol. The maximum atomic E-state index is 12.8. The first-order chi connectivity index (χ1) is 13.0. The number of carbonyl (C=O) groups excluding carboxylic acids is 2. The van der Waals surface area contributed by atoms with E-state index in [0.29, 0.717) is 18.5 Å². The van der Waals surface area contributed by atoms with Gasteiger partial charge in [0.05, 0.1) is 7.11 Å². The van der Waals surface area contributed by atoms with Crippen molar-refractivity contribution >= 4 is 23.5 Å². The van der Waals surface area contributed by atoms with E-state index in [2.05, 4.69) is 0 Å². The second kappa shape index (κ2) is 8.04. The minimum absolute atomic E-state index is 0.250. The minimum Gasteiger partial charge on any atom is -0.496 e. The Kier molecular flexibility index (Phi) is 5.55. The number of hydrogen-bond donors (Lipinski definition) is 0. The van der Waals surface area contributed by atoms with Crippen LogP contribution in [0, 0.1) is 13.8 Å². The van der Waals surface area contributed by atoms with Crippen LogP contribution in [0.1, 0.15) is 28.7 Å². The molecule has 0 unspecified atom stereocenters. The number of carbonyl (C=O) groups is 2. The molecule has 0 saturated heterocycles. The average Bonchev–Trinajstić information content (AvgIpc) is 2.69. The van der Waals surface area contributed by atoms with E-state index in [4.69, 9.17) is 4.74 Å². The van der Waals surface area contributed by atoms with Crippen LogP contribution in [0.4, 0.5) is 0 Å². The zero-order valence-corrected chi connectivity index (χ0v) is 15.9. The highest BCUT2D eigenvalue weighted by atomic mass is 16.5. The molecule has 1 aliphatic heterocycles. The molecule has 0 spiro atoms. The van der Waals surface area contributed by atoms with Gasteiger partial charge in [0.15, 0.2) is 0 Å².